The first-order chi connectivity index (χ1) is 12.4. The minimum atomic E-state index is -3.44. The van der Waals surface area contributed by atoms with E-state index in [1.165, 1.54) is 12.1 Å². The molecule has 0 heterocycles. The molecule has 0 bridgehead atoms. The molecule has 26 heavy (non-hydrogen) atoms. The average Bonchev–Trinajstić information content (AvgIpc) is 2.65. The number of aromatic carboxylic acids is 1. The lowest BCUT2D eigenvalue weighted by Crippen LogP contribution is -2.25. The number of carbonyl (C=O) groups is 1. The molecule has 5 nitrogen and oxygen atoms in total. The van der Waals surface area contributed by atoms with E-state index in [0.29, 0.717) is 10.6 Å². The van der Waals surface area contributed by atoms with Gasteiger partial charge in [0.1, 0.15) is 0 Å². The van der Waals surface area contributed by atoms with Crippen LogP contribution in [0.4, 0.5) is 5.69 Å². The number of carboxylic acids is 1. The number of rotatable bonds is 6. The Bertz CT molecular complexity index is 1060. The molecule has 6 heteroatoms. The summed E-state index contributed by atoms with van der Waals surface area (Å²) in [5, 5.41) is 11.0. The van der Waals surface area contributed by atoms with Crippen molar-refractivity contribution in [3.05, 3.63) is 72.3 Å². The van der Waals surface area contributed by atoms with Crippen LogP contribution in [0.1, 0.15) is 10.4 Å². The van der Waals surface area contributed by atoms with Crippen LogP contribution >= 0.6 is 0 Å². The fourth-order valence-electron chi connectivity index (χ4n) is 2.74. The van der Waals surface area contributed by atoms with Crippen LogP contribution in [-0.4, -0.2) is 38.8 Å². The van der Waals surface area contributed by atoms with Gasteiger partial charge in [-0.1, -0.05) is 36.4 Å². The Hall–Kier alpha value is -2.86. The highest BCUT2D eigenvalue weighted by Crippen LogP contribution is 2.21. The number of nitrogens with zero attached hydrogens (tertiary/aromatic N) is 1. The maximum absolute atomic E-state index is 12.7. The predicted octanol–water partition coefficient (Wildman–Crippen LogP) is 3.45. The van der Waals surface area contributed by atoms with Gasteiger partial charge in [-0.15, -0.1) is 0 Å². The summed E-state index contributed by atoms with van der Waals surface area (Å²) in [6.45, 7) is 0.262. The summed E-state index contributed by atoms with van der Waals surface area (Å²) in [5.41, 5.74) is 0.838. The highest BCUT2D eigenvalue weighted by Gasteiger charge is 2.16. The smallest absolute Gasteiger partial charge is 0.335 e. The molecule has 0 amide bonds. The van der Waals surface area contributed by atoms with Gasteiger partial charge in [-0.3, -0.25) is 0 Å². The number of fused-ring (bicyclic) bond motifs is 1. The molecule has 0 saturated heterocycles. The lowest BCUT2D eigenvalue weighted by molar-refractivity contribution is 0.0697. The molecule has 0 atom stereocenters. The minimum Gasteiger partial charge on any atom is -0.478 e. The molecule has 0 spiro atoms. The van der Waals surface area contributed by atoms with E-state index < -0.39 is 15.8 Å². The number of hydrogen-bond acceptors (Lipinski definition) is 4. The summed E-state index contributed by atoms with van der Waals surface area (Å²) < 4.78 is 25.3. The zero-order valence-electron chi connectivity index (χ0n) is 14.3. The van der Waals surface area contributed by atoms with Crippen LogP contribution in [0.25, 0.3) is 10.8 Å². The van der Waals surface area contributed by atoms with Gasteiger partial charge in [0.15, 0.2) is 9.84 Å². The number of anilines is 1. The Kier molecular flexibility index (Phi) is 4.95. The summed E-state index contributed by atoms with van der Waals surface area (Å²) >= 11 is 0. The van der Waals surface area contributed by atoms with Crippen molar-refractivity contribution >= 4 is 32.3 Å². The van der Waals surface area contributed by atoms with Crippen LogP contribution in [0.2, 0.25) is 0 Å². The van der Waals surface area contributed by atoms with Crippen molar-refractivity contribution in [3.8, 4) is 0 Å². The van der Waals surface area contributed by atoms with Gasteiger partial charge in [-0.2, -0.15) is 0 Å². The van der Waals surface area contributed by atoms with E-state index in [4.69, 9.17) is 5.11 Å². The van der Waals surface area contributed by atoms with Crippen LogP contribution in [0.5, 0.6) is 0 Å². The van der Waals surface area contributed by atoms with Crippen LogP contribution in [-0.2, 0) is 9.84 Å². The second kappa shape index (κ2) is 7.17. The van der Waals surface area contributed by atoms with E-state index in [1.54, 1.807) is 36.2 Å². The van der Waals surface area contributed by atoms with E-state index in [2.05, 4.69) is 0 Å². The van der Waals surface area contributed by atoms with Crippen molar-refractivity contribution in [3.63, 3.8) is 0 Å². The van der Waals surface area contributed by atoms with Crippen molar-refractivity contribution in [2.45, 2.75) is 4.90 Å². The van der Waals surface area contributed by atoms with Gasteiger partial charge in [-0.25, -0.2) is 13.2 Å². The lowest BCUT2D eigenvalue weighted by atomic mass is 10.1. The Labute approximate surface area is 152 Å². The highest BCUT2D eigenvalue weighted by molar-refractivity contribution is 7.91. The molecule has 3 rings (SSSR count). The van der Waals surface area contributed by atoms with E-state index in [-0.39, 0.29) is 17.9 Å². The zero-order valence-corrected chi connectivity index (χ0v) is 15.1. The van der Waals surface area contributed by atoms with Gasteiger partial charge in [0.05, 0.1) is 16.2 Å². The molecule has 3 aromatic rings. The molecule has 0 aliphatic carbocycles. The monoisotopic (exact) mass is 369 g/mol. The van der Waals surface area contributed by atoms with Gasteiger partial charge in [0.2, 0.25) is 0 Å². The third kappa shape index (κ3) is 3.86. The molecule has 0 aliphatic rings. The van der Waals surface area contributed by atoms with E-state index in [1.807, 2.05) is 30.3 Å². The van der Waals surface area contributed by atoms with Crippen molar-refractivity contribution in [2.75, 3.05) is 24.2 Å². The second-order valence-electron chi connectivity index (χ2n) is 6.10. The fourth-order valence-corrected chi connectivity index (χ4v) is 4.07. The summed E-state index contributed by atoms with van der Waals surface area (Å²) in [4.78, 5) is 13.1. The molecule has 1 N–H and O–H groups in total. The average molecular weight is 369 g/mol. The second-order valence-corrected chi connectivity index (χ2v) is 8.21. The summed E-state index contributed by atoms with van der Waals surface area (Å²) in [6.07, 6.45) is 0. The minimum absolute atomic E-state index is 0.0564. The maximum Gasteiger partial charge on any atom is 0.335 e. The van der Waals surface area contributed by atoms with Gasteiger partial charge in [0, 0.05) is 19.3 Å². The molecule has 0 fully saturated rings. The van der Waals surface area contributed by atoms with Crippen LogP contribution in [0.15, 0.2) is 71.6 Å². The normalized spacial score (nSPS) is 11.4. The van der Waals surface area contributed by atoms with Crippen LogP contribution < -0.4 is 4.90 Å². The molecule has 134 valence electrons. The first-order valence-corrected chi connectivity index (χ1v) is 9.78. The number of benzene rings is 3. The molecule has 0 unspecified atom stereocenters. The van der Waals surface area contributed by atoms with E-state index in [0.717, 1.165) is 10.8 Å². The van der Waals surface area contributed by atoms with Crippen molar-refractivity contribution in [1.82, 2.24) is 0 Å². The zero-order chi connectivity index (χ0) is 18.7. The molecular weight excluding hydrogens is 350 g/mol. The van der Waals surface area contributed by atoms with E-state index in [9.17, 15) is 13.2 Å². The lowest BCUT2D eigenvalue weighted by Gasteiger charge is -2.19. The molecule has 0 aromatic heterocycles. The topological polar surface area (TPSA) is 74.7 Å². The van der Waals surface area contributed by atoms with Gasteiger partial charge < -0.3 is 10.0 Å². The SMILES string of the molecule is CN(CCS(=O)(=O)c1ccc2ccccc2c1)c1cccc(C(=O)O)c1. The number of hydrogen-bond donors (Lipinski definition) is 1. The molecular formula is C20H19NO4S. The van der Waals surface area contributed by atoms with Gasteiger partial charge >= 0.3 is 5.97 Å². The van der Waals surface area contributed by atoms with Crippen LogP contribution in [0.3, 0.4) is 0 Å². The molecule has 0 radical (unpaired) electrons. The Morgan fingerprint density at radius 1 is 0.962 bits per heavy atom. The molecule has 0 aliphatic heterocycles. The number of carboxylic acid groups (broad SMARTS) is 1. The van der Waals surface area contributed by atoms with Crippen molar-refractivity contribution in [2.24, 2.45) is 0 Å². The molecule has 3 aromatic carbocycles. The standard InChI is InChI=1S/C20H19NO4S/c1-21(18-8-4-7-17(13-18)20(22)23)11-12-26(24,25)19-10-9-15-5-2-3-6-16(15)14-19/h2-10,13-14H,11-12H2,1H3,(H,22,23). The fraction of sp³-hybridized carbons (Fsp3) is 0.150. The van der Waals surface area contributed by atoms with E-state index >= 15 is 0 Å². The predicted molar refractivity (Wildman–Crippen MR) is 103 cm³/mol. The first-order valence-electron chi connectivity index (χ1n) is 8.13. The third-order valence-corrected chi connectivity index (χ3v) is 6.00. The highest BCUT2D eigenvalue weighted by atomic mass is 32.2. The third-order valence-electron chi connectivity index (χ3n) is 4.31. The summed E-state index contributed by atoms with van der Waals surface area (Å²) in [6, 6.07) is 19.2. The van der Waals surface area contributed by atoms with Crippen molar-refractivity contribution < 1.29 is 18.3 Å². The van der Waals surface area contributed by atoms with Gasteiger partial charge in [-0.05, 0) is 41.1 Å². The Balaban J connectivity index is 1.76. The largest absolute Gasteiger partial charge is 0.478 e. The summed E-state index contributed by atoms with van der Waals surface area (Å²) in [5.74, 6) is -1.07. The number of sulfone groups is 1. The first kappa shape index (κ1) is 17.9. The maximum atomic E-state index is 12.7. The van der Waals surface area contributed by atoms with Crippen LogP contribution in [0, 0.1) is 0 Å². The Morgan fingerprint density at radius 2 is 1.69 bits per heavy atom. The molecule has 0 saturated carbocycles. The summed E-state index contributed by atoms with van der Waals surface area (Å²) in [7, 11) is -1.69. The van der Waals surface area contributed by atoms with Gasteiger partial charge in [0.25, 0.3) is 0 Å². The van der Waals surface area contributed by atoms with Crippen molar-refractivity contribution in [1.29, 1.82) is 0 Å². The Morgan fingerprint density at radius 3 is 2.42 bits per heavy atom. The quantitative estimate of drug-likeness (QED) is 0.720.